The van der Waals surface area contributed by atoms with Gasteiger partial charge in [0.05, 0.1) is 13.7 Å². The van der Waals surface area contributed by atoms with E-state index in [9.17, 15) is 5.21 Å². The van der Waals surface area contributed by atoms with Gasteiger partial charge in [0, 0.05) is 26.3 Å². The Balaban J connectivity index is 3.09. The second kappa shape index (κ2) is 5.76. The number of hydroxylamine groups is 1. The second-order valence-corrected chi connectivity index (χ2v) is 4.97. The summed E-state index contributed by atoms with van der Waals surface area (Å²) in [5.74, 6) is 1.32. The van der Waals surface area contributed by atoms with Crippen molar-refractivity contribution in [1.29, 1.82) is 0 Å². The Labute approximate surface area is 108 Å². The van der Waals surface area contributed by atoms with Crippen LogP contribution in [-0.2, 0) is 0 Å². The van der Waals surface area contributed by atoms with Gasteiger partial charge < -0.3 is 14.7 Å². The molecule has 0 unspecified atom stereocenters. The van der Waals surface area contributed by atoms with Crippen LogP contribution in [0, 0.1) is 5.21 Å². The molecular weight excluding hydrogens is 230 g/mol. The summed E-state index contributed by atoms with van der Waals surface area (Å²) >= 11 is 0. The van der Waals surface area contributed by atoms with Crippen LogP contribution in [0.15, 0.2) is 18.2 Å². The molecule has 0 N–H and O–H groups in total. The average molecular weight is 251 g/mol. The van der Waals surface area contributed by atoms with Crippen molar-refractivity contribution in [2.45, 2.75) is 33.2 Å². The Bertz CT molecular complexity index is 433. The zero-order valence-corrected chi connectivity index (χ0v) is 11.7. The van der Waals surface area contributed by atoms with E-state index in [2.05, 4.69) is 0 Å². The molecule has 0 saturated carbocycles. The topological polar surface area (TPSA) is 44.5 Å². The van der Waals surface area contributed by atoms with Crippen LogP contribution in [0.25, 0.3) is 0 Å². The molecule has 100 valence electrons. The molecule has 0 saturated heterocycles. The molecule has 1 rings (SSSR count). The first-order valence-electron chi connectivity index (χ1n) is 6.00. The summed E-state index contributed by atoms with van der Waals surface area (Å²) in [5.41, 5.74) is 0.343. The van der Waals surface area contributed by atoms with E-state index in [4.69, 9.17) is 9.47 Å². The van der Waals surface area contributed by atoms with Crippen molar-refractivity contribution in [2.24, 2.45) is 0 Å². The van der Waals surface area contributed by atoms with Gasteiger partial charge in [-0.3, -0.25) is 0 Å². The Hall–Kier alpha value is -1.71. The van der Waals surface area contributed by atoms with E-state index in [1.165, 1.54) is 0 Å². The molecule has 0 aromatic heterocycles. The second-order valence-electron chi connectivity index (χ2n) is 4.97. The van der Waals surface area contributed by atoms with Crippen molar-refractivity contribution >= 4 is 6.21 Å². The van der Waals surface area contributed by atoms with Gasteiger partial charge in [0.25, 0.3) is 0 Å². The summed E-state index contributed by atoms with van der Waals surface area (Å²) in [6, 6.07) is 5.43. The van der Waals surface area contributed by atoms with Crippen LogP contribution in [-0.4, -0.2) is 30.2 Å². The van der Waals surface area contributed by atoms with Crippen molar-refractivity contribution in [1.82, 2.24) is 0 Å². The van der Waals surface area contributed by atoms with Crippen molar-refractivity contribution in [3.8, 4) is 11.5 Å². The standard InChI is InChI=1S/C14H21NO3/c1-6-18-13-9-11(7-8-12(13)17-5)10-15(16)14(2,3)4/h7-10H,6H2,1-5H3/b15-10-. The fraction of sp³-hybridized carbons (Fsp3) is 0.500. The van der Waals surface area contributed by atoms with Gasteiger partial charge in [0.1, 0.15) is 0 Å². The maximum Gasteiger partial charge on any atom is 0.182 e. The van der Waals surface area contributed by atoms with E-state index in [1.807, 2.05) is 33.8 Å². The van der Waals surface area contributed by atoms with Gasteiger partial charge in [-0.05, 0) is 25.1 Å². The minimum Gasteiger partial charge on any atom is -0.623 e. The fourth-order valence-corrected chi connectivity index (χ4v) is 1.37. The van der Waals surface area contributed by atoms with Crippen LogP contribution < -0.4 is 9.47 Å². The van der Waals surface area contributed by atoms with Crippen LogP contribution >= 0.6 is 0 Å². The van der Waals surface area contributed by atoms with Crippen molar-refractivity contribution in [3.63, 3.8) is 0 Å². The number of benzene rings is 1. The van der Waals surface area contributed by atoms with Gasteiger partial charge in [-0.15, -0.1) is 0 Å². The third kappa shape index (κ3) is 3.65. The zero-order valence-electron chi connectivity index (χ0n) is 11.7. The predicted molar refractivity (Wildman–Crippen MR) is 72.7 cm³/mol. The summed E-state index contributed by atoms with van der Waals surface area (Å²) < 4.78 is 11.6. The largest absolute Gasteiger partial charge is 0.623 e. The highest BCUT2D eigenvalue weighted by atomic mass is 16.5. The number of methoxy groups -OCH3 is 1. The van der Waals surface area contributed by atoms with Crippen molar-refractivity contribution in [2.75, 3.05) is 13.7 Å². The summed E-state index contributed by atoms with van der Waals surface area (Å²) in [4.78, 5) is 0. The lowest BCUT2D eigenvalue weighted by Gasteiger charge is -2.18. The first-order chi connectivity index (χ1) is 8.38. The maximum absolute atomic E-state index is 11.8. The molecular formula is C14H21NO3. The van der Waals surface area contributed by atoms with Crippen molar-refractivity contribution in [3.05, 3.63) is 29.0 Å². The highest BCUT2D eigenvalue weighted by Gasteiger charge is 2.18. The van der Waals surface area contributed by atoms with Gasteiger partial charge in [-0.25, -0.2) is 4.74 Å². The lowest BCUT2D eigenvalue weighted by atomic mass is 10.1. The predicted octanol–water partition coefficient (Wildman–Crippen LogP) is 2.82. The lowest BCUT2D eigenvalue weighted by molar-refractivity contribution is -0.530. The molecule has 4 nitrogen and oxygen atoms in total. The van der Waals surface area contributed by atoms with Crippen molar-refractivity contribution < 1.29 is 14.2 Å². The summed E-state index contributed by atoms with van der Waals surface area (Å²) in [6.45, 7) is 8.06. The minimum absolute atomic E-state index is 0.453. The molecule has 0 atom stereocenters. The van der Waals surface area contributed by atoms with E-state index in [0.29, 0.717) is 18.1 Å². The van der Waals surface area contributed by atoms with Crippen LogP contribution in [0.5, 0.6) is 11.5 Å². The molecule has 0 radical (unpaired) electrons. The third-order valence-corrected chi connectivity index (χ3v) is 2.42. The molecule has 0 aliphatic rings. The summed E-state index contributed by atoms with van der Waals surface area (Å²) in [6.07, 6.45) is 1.56. The maximum atomic E-state index is 11.8. The highest BCUT2D eigenvalue weighted by Crippen LogP contribution is 2.27. The van der Waals surface area contributed by atoms with Crippen LogP contribution in [0.1, 0.15) is 33.3 Å². The number of rotatable bonds is 4. The summed E-state index contributed by atoms with van der Waals surface area (Å²) in [7, 11) is 1.59. The number of hydrogen-bond donors (Lipinski definition) is 0. The molecule has 0 bridgehead atoms. The average Bonchev–Trinajstić information content (AvgIpc) is 2.28. The highest BCUT2D eigenvalue weighted by molar-refractivity contribution is 5.77. The monoisotopic (exact) mass is 251 g/mol. The van der Waals surface area contributed by atoms with Crippen LogP contribution in [0.3, 0.4) is 0 Å². The first-order valence-corrected chi connectivity index (χ1v) is 6.00. The van der Waals surface area contributed by atoms with Gasteiger partial charge in [-0.2, -0.15) is 0 Å². The van der Waals surface area contributed by atoms with E-state index in [-0.39, 0.29) is 0 Å². The van der Waals surface area contributed by atoms with Gasteiger partial charge in [-0.1, -0.05) is 0 Å². The molecule has 0 fully saturated rings. The van der Waals surface area contributed by atoms with E-state index >= 15 is 0 Å². The lowest BCUT2D eigenvalue weighted by Crippen LogP contribution is -2.29. The molecule has 18 heavy (non-hydrogen) atoms. The number of nitrogens with zero attached hydrogens (tertiary/aromatic N) is 1. The molecule has 1 aromatic carbocycles. The number of hydrogen-bond acceptors (Lipinski definition) is 3. The normalized spacial score (nSPS) is 12.4. The SMILES string of the molecule is CCOc1cc(/C=[N+](\[O-])C(C)(C)C)ccc1OC. The first kappa shape index (κ1) is 14.4. The Morgan fingerprint density at radius 2 is 1.94 bits per heavy atom. The van der Waals surface area contributed by atoms with Crippen LogP contribution in [0.2, 0.25) is 0 Å². The van der Waals surface area contributed by atoms with Gasteiger partial charge >= 0.3 is 0 Å². The molecule has 0 spiro atoms. The molecule has 0 aliphatic heterocycles. The molecule has 0 aliphatic carbocycles. The minimum atomic E-state index is -0.453. The van der Waals surface area contributed by atoms with Crippen LogP contribution in [0.4, 0.5) is 0 Å². The van der Waals surface area contributed by atoms with Gasteiger partial charge in [0.2, 0.25) is 0 Å². The Morgan fingerprint density at radius 3 is 2.44 bits per heavy atom. The molecule has 1 aromatic rings. The molecule has 0 amide bonds. The van der Waals surface area contributed by atoms with E-state index < -0.39 is 5.54 Å². The van der Waals surface area contributed by atoms with E-state index in [1.54, 1.807) is 25.5 Å². The third-order valence-electron chi connectivity index (χ3n) is 2.42. The smallest absolute Gasteiger partial charge is 0.182 e. The van der Waals surface area contributed by atoms with Gasteiger partial charge in [0.15, 0.2) is 23.3 Å². The molecule has 0 heterocycles. The zero-order chi connectivity index (χ0) is 13.8. The Kier molecular flexibility index (Phi) is 4.59. The quantitative estimate of drug-likeness (QED) is 0.358. The molecule has 4 heteroatoms. The Morgan fingerprint density at radius 1 is 1.28 bits per heavy atom. The number of ether oxygens (including phenoxy) is 2. The van der Waals surface area contributed by atoms with E-state index in [0.717, 1.165) is 10.3 Å². The fourth-order valence-electron chi connectivity index (χ4n) is 1.37. The summed E-state index contributed by atoms with van der Waals surface area (Å²) in [5, 5.41) is 11.8.